The van der Waals surface area contributed by atoms with E-state index < -0.39 is 18.5 Å². The number of halogens is 2. The van der Waals surface area contributed by atoms with Crippen molar-refractivity contribution in [3.8, 4) is 0 Å². The maximum atomic E-state index is 11.8. The summed E-state index contributed by atoms with van der Waals surface area (Å²) >= 11 is 13.3. The van der Waals surface area contributed by atoms with Crippen molar-refractivity contribution in [1.29, 1.82) is 0 Å². The number of amides is 1. The van der Waals surface area contributed by atoms with E-state index in [2.05, 4.69) is 5.32 Å². The van der Waals surface area contributed by atoms with Crippen LogP contribution in [0.5, 0.6) is 0 Å². The lowest BCUT2D eigenvalue weighted by molar-refractivity contribution is -0.142. The fourth-order valence-electron chi connectivity index (χ4n) is 1.66. The number of anilines is 1. The molecular formula is C16H13Cl2NO3S. The molecule has 2 aromatic rings. The van der Waals surface area contributed by atoms with Gasteiger partial charge in [-0.1, -0.05) is 23.2 Å². The van der Waals surface area contributed by atoms with Crippen LogP contribution in [0.1, 0.15) is 10.4 Å². The number of hydrogen-bond donors (Lipinski definition) is 1. The van der Waals surface area contributed by atoms with E-state index >= 15 is 0 Å². The Morgan fingerprint density at radius 1 is 1.30 bits per heavy atom. The number of benzene rings is 1. The van der Waals surface area contributed by atoms with Crippen molar-refractivity contribution in [3.05, 3.63) is 56.2 Å². The van der Waals surface area contributed by atoms with Gasteiger partial charge in [0.1, 0.15) is 0 Å². The van der Waals surface area contributed by atoms with Crippen LogP contribution in [0.4, 0.5) is 5.69 Å². The van der Waals surface area contributed by atoms with Crippen LogP contribution in [-0.2, 0) is 14.3 Å². The molecule has 1 heterocycles. The number of ether oxygens (including phenoxy) is 1. The topological polar surface area (TPSA) is 55.4 Å². The van der Waals surface area contributed by atoms with E-state index in [1.54, 1.807) is 18.2 Å². The maximum absolute atomic E-state index is 11.8. The first-order valence-corrected chi connectivity index (χ1v) is 8.23. The lowest BCUT2D eigenvalue weighted by atomic mass is 10.3. The van der Waals surface area contributed by atoms with Gasteiger partial charge in [0, 0.05) is 16.0 Å². The monoisotopic (exact) mass is 369 g/mol. The highest BCUT2D eigenvalue weighted by molar-refractivity contribution is 7.11. The molecule has 0 spiro atoms. The molecule has 1 amide bonds. The van der Waals surface area contributed by atoms with E-state index in [1.807, 2.05) is 18.4 Å². The molecule has 4 nitrogen and oxygen atoms in total. The van der Waals surface area contributed by atoms with E-state index in [4.69, 9.17) is 27.9 Å². The Labute approximate surface area is 147 Å². The van der Waals surface area contributed by atoms with Gasteiger partial charge in [0.15, 0.2) is 6.61 Å². The summed E-state index contributed by atoms with van der Waals surface area (Å²) in [5.74, 6) is -1.09. The zero-order chi connectivity index (χ0) is 16.8. The second-order valence-corrected chi connectivity index (χ2v) is 6.37. The normalized spacial score (nSPS) is 10.7. The summed E-state index contributed by atoms with van der Waals surface area (Å²) in [4.78, 5) is 24.3. The average molecular weight is 370 g/mol. The van der Waals surface area contributed by atoms with Crippen molar-refractivity contribution < 1.29 is 14.3 Å². The van der Waals surface area contributed by atoms with E-state index in [0.29, 0.717) is 15.7 Å². The number of nitrogens with one attached hydrogen (secondary N) is 1. The molecule has 1 aromatic carbocycles. The van der Waals surface area contributed by atoms with Crippen LogP contribution >= 0.6 is 34.5 Å². The van der Waals surface area contributed by atoms with Crippen LogP contribution in [0.25, 0.3) is 6.08 Å². The molecule has 120 valence electrons. The quantitative estimate of drug-likeness (QED) is 0.620. The predicted octanol–water partition coefficient (Wildman–Crippen LogP) is 4.56. The highest BCUT2D eigenvalue weighted by Gasteiger charge is 2.09. The predicted molar refractivity (Wildman–Crippen MR) is 94.1 cm³/mol. The first kappa shape index (κ1) is 17.5. The van der Waals surface area contributed by atoms with Gasteiger partial charge in [-0.05, 0) is 48.2 Å². The van der Waals surface area contributed by atoms with Gasteiger partial charge in [-0.25, -0.2) is 4.79 Å². The third kappa shape index (κ3) is 5.39. The standard InChI is InChI=1S/C16H13Cl2NO3S/c1-10-6-7-23-14(10)4-5-16(21)22-9-15(20)19-13-8-11(17)2-3-12(13)18/h2-8H,9H2,1H3,(H,19,20)/b5-4+. The van der Waals surface area contributed by atoms with Crippen LogP contribution in [0, 0.1) is 6.92 Å². The largest absolute Gasteiger partial charge is 0.452 e. The molecular weight excluding hydrogens is 357 g/mol. The van der Waals surface area contributed by atoms with E-state index in [9.17, 15) is 9.59 Å². The number of aryl methyl sites for hydroxylation is 1. The van der Waals surface area contributed by atoms with Crippen molar-refractivity contribution >= 4 is 58.2 Å². The number of carbonyl (C=O) groups excluding carboxylic acids is 2. The molecule has 1 N–H and O–H groups in total. The van der Waals surface area contributed by atoms with Crippen LogP contribution in [0.15, 0.2) is 35.7 Å². The molecule has 0 saturated carbocycles. The van der Waals surface area contributed by atoms with Gasteiger partial charge < -0.3 is 10.1 Å². The first-order valence-electron chi connectivity index (χ1n) is 6.59. The lowest BCUT2D eigenvalue weighted by Gasteiger charge is -2.07. The smallest absolute Gasteiger partial charge is 0.331 e. The van der Waals surface area contributed by atoms with Crippen molar-refractivity contribution in [3.63, 3.8) is 0 Å². The van der Waals surface area contributed by atoms with Gasteiger partial charge in [-0.3, -0.25) is 4.79 Å². The molecule has 0 saturated heterocycles. The second kappa shape index (κ2) is 8.15. The number of thiophene rings is 1. The molecule has 0 aliphatic carbocycles. The van der Waals surface area contributed by atoms with Crippen LogP contribution in [-0.4, -0.2) is 18.5 Å². The summed E-state index contributed by atoms with van der Waals surface area (Å²) in [5, 5.41) is 5.25. The number of hydrogen-bond acceptors (Lipinski definition) is 4. The fourth-order valence-corrected chi connectivity index (χ4v) is 2.82. The van der Waals surface area contributed by atoms with Gasteiger partial charge in [0.2, 0.25) is 0 Å². The van der Waals surface area contributed by atoms with E-state index in [1.165, 1.54) is 23.5 Å². The molecule has 0 radical (unpaired) electrons. The summed E-state index contributed by atoms with van der Waals surface area (Å²) in [5.41, 5.74) is 1.44. The molecule has 7 heteroatoms. The molecule has 1 aromatic heterocycles. The van der Waals surface area contributed by atoms with Crippen molar-refractivity contribution in [2.24, 2.45) is 0 Å². The molecule has 0 unspecified atom stereocenters. The molecule has 0 aliphatic heterocycles. The van der Waals surface area contributed by atoms with Crippen molar-refractivity contribution in [1.82, 2.24) is 0 Å². The fraction of sp³-hybridized carbons (Fsp3) is 0.125. The number of rotatable bonds is 5. The zero-order valence-electron chi connectivity index (χ0n) is 12.1. The van der Waals surface area contributed by atoms with Crippen LogP contribution < -0.4 is 5.32 Å². The SMILES string of the molecule is Cc1ccsc1/C=C/C(=O)OCC(=O)Nc1cc(Cl)ccc1Cl. The summed E-state index contributed by atoms with van der Waals surface area (Å²) in [6, 6.07) is 6.65. The summed E-state index contributed by atoms with van der Waals surface area (Å²) in [7, 11) is 0. The van der Waals surface area contributed by atoms with Gasteiger partial charge >= 0.3 is 5.97 Å². The molecule has 0 fully saturated rings. The van der Waals surface area contributed by atoms with E-state index in [0.717, 1.165) is 10.4 Å². The lowest BCUT2D eigenvalue weighted by Crippen LogP contribution is -2.20. The van der Waals surface area contributed by atoms with Crippen molar-refractivity contribution in [2.45, 2.75) is 6.92 Å². The Morgan fingerprint density at radius 2 is 2.09 bits per heavy atom. The Morgan fingerprint density at radius 3 is 2.78 bits per heavy atom. The highest BCUT2D eigenvalue weighted by Crippen LogP contribution is 2.25. The third-order valence-electron chi connectivity index (χ3n) is 2.82. The highest BCUT2D eigenvalue weighted by atomic mass is 35.5. The van der Waals surface area contributed by atoms with Gasteiger partial charge in [-0.15, -0.1) is 11.3 Å². The van der Waals surface area contributed by atoms with Crippen molar-refractivity contribution in [2.75, 3.05) is 11.9 Å². The Balaban J connectivity index is 1.84. The minimum absolute atomic E-state index is 0.349. The second-order valence-electron chi connectivity index (χ2n) is 4.58. The van der Waals surface area contributed by atoms with Gasteiger partial charge in [0.05, 0.1) is 10.7 Å². The van der Waals surface area contributed by atoms with E-state index in [-0.39, 0.29) is 0 Å². The van der Waals surface area contributed by atoms with Gasteiger partial charge in [0.25, 0.3) is 5.91 Å². The average Bonchev–Trinajstić information content (AvgIpc) is 2.92. The number of esters is 1. The maximum Gasteiger partial charge on any atom is 0.331 e. The minimum atomic E-state index is -0.592. The molecule has 0 atom stereocenters. The number of carbonyl (C=O) groups is 2. The summed E-state index contributed by atoms with van der Waals surface area (Å²) in [6.45, 7) is 1.54. The first-order chi connectivity index (χ1) is 11.0. The molecule has 2 rings (SSSR count). The summed E-state index contributed by atoms with van der Waals surface area (Å²) < 4.78 is 4.88. The zero-order valence-corrected chi connectivity index (χ0v) is 14.5. The Bertz CT molecular complexity index is 756. The van der Waals surface area contributed by atoms with Crippen LogP contribution in [0.2, 0.25) is 10.0 Å². The van der Waals surface area contributed by atoms with Gasteiger partial charge in [-0.2, -0.15) is 0 Å². The Hall–Kier alpha value is -1.82. The molecule has 0 aliphatic rings. The van der Waals surface area contributed by atoms with Crippen LogP contribution in [0.3, 0.4) is 0 Å². The minimum Gasteiger partial charge on any atom is -0.452 e. The summed E-state index contributed by atoms with van der Waals surface area (Å²) in [6.07, 6.45) is 2.95. The molecule has 23 heavy (non-hydrogen) atoms. The third-order valence-corrected chi connectivity index (χ3v) is 4.37. The molecule has 0 bridgehead atoms. The Kier molecular flexibility index (Phi) is 6.21.